The van der Waals surface area contributed by atoms with Gasteiger partial charge in [0.25, 0.3) is 0 Å². The van der Waals surface area contributed by atoms with Gasteiger partial charge in [0.15, 0.2) is 0 Å². The molecule has 1 aliphatic rings. The lowest BCUT2D eigenvalue weighted by Crippen LogP contribution is -2.42. The monoisotopic (exact) mass is 390 g/mol. The Morgan fingerprint density at radius 2 is 1.82 bits per heavy atom. The van der Waals surface area contributed by atoms with Crippen molar-refractivity contribution >= 4 is 23.5 Å². The Morgan fingerprint density at radius 3 is 2.46 bits per heavy atom. The molecule has 0 spiro atoms. The van der Waals surface area contributed by atoms with Crippen molar-refractivity contribution in [2.24, 2.45) is 5.92 Å². The number of carboxylic acids is 1. The quantitative estimate of drug-likeness (QED) is 0.532. The normalized spacial score (nSPS) is 15.5. The van der Waals surface area contributed by atoms with Gasteiger partial charge in [0.1, 0.15) is 11.8 Å². The summed E-state index contributed by atoms with van der Waals surface area (Å²) in [5.74, 6) is -0.141. The smallest absolute Gasteiger partial charge is 0.303 e. The lowest BCUT2D eigenvalue weighted by molar-refractivity contribution is -0.137. The molecule has 1 aromatic carbocycles. The third-order valence-corrected chi connectivity index (χ3v) is 4.90. The van der Waals surface area contributed by atoms with E-state index in [0.717, 1.165) is 12.8 Å². The molecule has 1 saturated carbocycles. The van der Waals surface area contributed by atoms with E-state index >= 15 is 0 Å². The number of ether oxygens (including phenoxy) is 1. The van der Waals surface area contributed by atoms with Crippen LogP contribution in [0.2, 0.25) is 0 Å². The zero-order chi connectivity index (χ0) is 20.4. The predicted molar refractivity (Wildman–Crippen MR) is 106 cm³/mol. The average molecular weight is 390 g/mol. The van der Waals surface area contributed by atoms with E-state index in [1.165, 1.54) is 19.3 Å². The Morgan fingerprint density at radius 1 is 1.14 bits per heavy atom. The highest BCUT2D eigenvalue weighted by Crippen LogP contribution is 2.26. The third-order valence-electron chi connectivity index (χ3n) is 4.90. The van der Waals surface area contributed by atoms with Gasteiger partial charge < -0.3 is 20.5 Å². The molecule has 2 rings (SSSR count). The van der Waals surface area contributed by atoms with Crippen LogP contribution in [0.3, 0.4) is 0 Å². The van der Waals surface area contributed by atoms with Gasteiger partial charge in [-0.1, -0.05) is 19.3 Å². The highest BCUT2D eigenvalue weighted by molar-refractivity contribution is 5.96. The highest BCUT2D eigenvalue weighted by atomic mass is 16.5. The van der Waals surface area contributed by atoms with Gasteiger partial charge in [-0.2, -0.15) is 0 Å². The van der Waals surface area contributed by atoms with Gasteiger partial charge in [0.05, 0.1) is 6.61 Å². The summed E-state index contributed by atoms with van der Waals surface area (Å²) in [6, 6.07) is 6.23. The fourth-order valence-corrected chi connectivity index (χ4v) is 3.32. The molecule has 0 radical (unpaired) electrons. The van der Waals surface area contributed by atoms with E-state index in [4.69, 9.17) is 9.84 Å². The molecule has 154 valence electrons. The fourth-order valence-electron chi connectivity index (χ4n) is 3.32. The number of amides is 2. The summed E-state index contributed by atoms with van der Waals surface area (Å²) in [5, 5.41) is 14.1. The summed E-state index contributed by atoms with van der Waals surface area (Å²) in [6.07, 6.45) is 6.82. The number of hydrogen-bond donors (Lipinski definition) is 3. The van der Waals surface area contributed by atoms with Crippen molar-refractivity contribution in [2.75, 3.05) is 11.9 Å². The van der Waals surface area contributed by atoms with Crippen LogP contribution in [0, 0.1) is 5.92 Å². The van der Waals surface area contributed by atoms with Crippen LogP contribution in [0.5, 0.6) is 5.75 Å². The first-order chi connectivity index (χ1) is 13.4. The highest BCUT2D eigenvalue weighted by Gasteiger charge is 2.20. The van der Waals surface area contributed by atoms with Crippen molar-refractivity contribution in [1.29, 1.82) is 0 Å². The molecule has 7 nitrogen and oxygen atoms in total. The molecule has 0 aromatic heterocycles. The first-order valence-corrected chi connectivity index (χ1v) is 9.99. The minimum atomic E-state index is -0.846. The first-order valence-electron chi connectivity index (χ1n) is 9.99. The SMILES string of the molecule is CC(NC(=O)CC1CCCCC1)C(=O)Nc1ccc(OCCCC(=O)O)cc1. The van der Waals surface area contributed by atoms with Crippen molar-refractivity contribution < 1.29 is 24.2 Å². The molecule has 0 saturated heterocycles. The summed E-state index contributed by atoms with van der Waals surface area (Å²) >= 11 is 0. The largest absolute Gasteiger partial charge is 0.494 e. The van der Waals surface area contributed by atoms with Gasteiger partial charge in [-0.3, -0.25) is 14.4 Å². The number of carbonyl (C=O) groups excluding carboxylic acids is 2. The van der Waals surface area contributed by atoms with Crippen molar-refractivity contribution in [2.45, 2.75) is 64.3 Å². The minimum absolute atomic E-state index is 0.0680. The van der Waals surface area contributed by atoms with Gasteiger partial charge in [-0.05, 0) is 56.4 Å². The fraction of sp³-hybridized carbons (Fsp3) is 0.571. The molecule has 0 heterocycles. The maximum Gasteiger partial charge on any atom is 0.303 e. The molecule has 1 fully saturated rings. The van der Waals surface area contributed by atoms with E-state index in [0.29, 0.717) is 36.8 Å². The number of nitrogens with one attached hydrogen (secondary N) is 2. The van der Waals surface area contributed by atoms with E-state index in [-0.39, 0.29) is 18.2 Å². The number of benzene rings is 1. The molecule has 1 unspecified atom stereocenters. The van der Waals surface area contributed by atoms with E-state index in [1.807, 2.05) is 0 Å². The predicted octanol–water partition coefficient (Wildman–Crippen LogP) is 3.34. The van der Waals surface area contributed by atoms with Gasteiger partial charge >= 0.3 is 5.97 Å². The summed E-state index contributed by atoms with van der Waals surface area (Å²) in [7, 11) is 0. The Kier molecular flexibility index (Phi) is 8.78. The van der Waals surface area contributed by atoms with Crippen molar-refractivity contribution in [3.8, 4) is 5.75 Å². The van der Waals surface area contributed by atoms with Gasteiger partial charge in [0, 0.05) is 18.5 Å². The molecule has 3 N–H and O–H groups in total. The van der Waals surface area contributed by atoms with Crippen LogP contribution in [-0.2, 0) is 14.4 Å². The van der Waals surface area contributed by atoms with Crippen LogP contribution in [0.15, 0.2) is 24.3 Å². The van der Waals surface area contributed by atoms with Gasteiger partial charge in [0.2, 0.25) is 11.8 Å². The minimum Gasteiger partial charge on any atom is -0.494 e. The summed E-state index contributed by atoms with van der Waals surface area (Å²) < 4.78 is 5.46. The van der Waals surface area contributed by atoms with E-state index in [9.17, 15) is 14.4 Å². The first kappa shape index (κ1) is 21.7. The molecule has 0 aliphatic heterocycles. The van der Waals surface area contributed by atoms with Crippen molar-refractivity contribution in [3.05, 3.63) is 24.3 Å². The molecule has 1 aliphatic carbocycles. The van der Waals surface area contributed by atoms with Crippen LogP contribution < -0.4 is 15.4 Å². The van der Waals surface area contributed by atoms with E-state index < -0.39 is 12.0 Å². The Bertz CT molecular complexity index is 653. The second-order valence-electron chi connectivity index (χ2n) is 7.36. The lowest BCUT2D eigenvalue weighted by Gasteiger charge is -2.22. The molecule has 0 bridgehead atoms. The number of rotatable bonds is 10. The third kappa shape index (κ3) is 7.98. The average Bonchev–Trinajstić information content (AvgIpc) is 2.67. The molecule has 2 amide bonds. The van der Waals surface area contributed by atoms with E-state index in [2.05, 4.69) is 10.6 Å². The Balaban J connectivity index is 1.71. The molecule has 1 atom stereocenters. The zero-order valence-corrected chi connectivity index (χ0v) is 16.4. The van der Waals surface area contributed by atoms with Gasteiger partial charge in [-0.15, -0.1) is 0 Å². The zero-order valence-electron chi connectivity index (χ0n) is 16.4. The number of aliphatic carboxylic acids is 1. The van der Waals surface area contributed by atoms with Crippen LogP contribution in [0.4, 0.5) is 5.69 Å². The van der Waals surface area contributed by atoms with Crippen LogP contribution >= 0.6 is 0 Å². The van der Waals surface area contributed by atoms with Crippen molar-refractivity contribution in [3.63, 3.8) is 0 Å². The Labute approximate surface area is 165 Å². The topological polar surface area (TPSA) is 105 Å². The lowest BCUT2D eigenvalue weighted by atomic mass is 9.87. The molecular formula is C21H30N2O5. The van der Waals surface area contributed by atoms with Crippen LogP contribution in [0.1, 0.15) is 58.3 Å². The number of hydrogen-bond acceptors (Lipinski definition) is 4. The number of carbonyl (C=O) groups is 3. The molecule has 28 heavy (non-hydrogen) atoms. The number of anilines is 1. The van der Waals surface area contributed by atoms with Crippen LogP contribution in [-0.4, -0.2) is 35.5 Å². The summed E-state index contributed by atoms with van der Waals surface area (Å²) in [6.45, 7) is 2.00. The number of carboxylic acid groups (broad SMARTS) is 1. The Hall–Kier alpha value is -2.57. The molecular weight excluding hydrogens is 360 g/mol. The second-order valence-corrected chi connectivity index (χ2v) is 7.36. The molecule has 7 heteroatoms. The summed E-state index contributed by atoms with van der Waals surface area (Å²) in [5.41, 5.74) is 0.608. The van der Waals surface area contributed by atoms with E-state index in [1.54, 1.807) is 31.2 Å². The summed E-state index contributed by atoms with van der Waals surface area (Å²) in [4.78, 5) is 34.9. The van der Waals surface area contributed by atoms with Gasteiger partial charge in [-0.25, -0.2) is 0 Å². The molecule has 1 aromatic rings. The standard InChI is InChI=1S/C21H30N2O5/c1-15(22-19(24)14-16-6-3-2-4-7-16)21(27)23-17-9-11-18(12-10-17)28-13-5-8-20(25)26/h9-12,15-16H,2-8,13-14H2,1H3,(H,22,24)(H,23,27)(H,25,26). The maximum absolute atomic E-state index is 12.3. The van der Waals surface area contributed by atoms with Crippen molar-refractivity contribution in [1.82, 2.24) is 5.32 Å². The second kappa shape index (κ2) is 11.3. The maximum atomic E-state index is 12.3. The van der Waals surface area contributed by atoms with Crippen LogP contribution in [0.25, 0.3) is 0 Å².